The van der Waals surface area contributed by atoms with Gasteiger partial charge in [0.2, 0.25) is 11.9 Å². The Morgan fingerprint density at radius 2 is 2.19 bits per heavy atom. The van der Waals surface area contributed by atoms with E-state index in [2.05, 4.69) is 39.0 Å². The lowest BCUT2D eigenvalue weighted by atomic mass is 10.1. The number of hydrogen-bond donors (Lipinski definition) is 2. The van der Waals surface area contributed by atoms with Gasteiger partial charge in [0.1, 0.15) is 5.82 Å². The van der Waals surface area contributed by atoms with Crippen LogP contribution in [0.1, 0.15) is 61.0 Å². The van der Waals surface area contributed by atoms with Crippen molar-refractivity contribution in [2.75, 3.05) is 16.8 Å². The van der Waals surface area contributed by atoms with E-state index in [1.807, 2.05) is 11.6 Å². The number of aryl methyl sites for hydroxylation is 1. The second kappa shape index (κ2) is 8.37. The van der Waals surface area contributed by atoms with Crippen molar-refractivity contribution in [1.82, 2.24) is 24.9 Å². The molecule has 1 atom stereocenters. The van der Waals surface area contributed by atoms with E-state index in [1.54, 1.807) is 6.20 Å². The molecule has 9 heteroatoms. The molecule has 2 N–H and O–H groups in total. The molecule has 1 aliphatic carbocycles. The van der Waals surface area contributed by atoms with Crippen LogP contribution >= 0.6 is 11.3 Å². The number of carbonyl (C=O) groups is 1. The summed E-state index contributed by atoms with van der Waals surface area (Å²) in [6.45, 7) is 5.06. The van der Waals surface area contributed by atoms with Crippen LogP contribution in [0.2, 0.25) is 0 Å². The first-order valence-electron chi connectivity index (χ1n) is 11.0. The minimum absolute atomic E-state index is 0.188. The Morgan fingerprint density at radius 1 is 1.29 bits per heavy atom. The summed E-state index contributed by atoms with van der Waals surface area (Å²) in [5.74, 6) is 2.72. The Labute approximate surface area is 185 Å². The number of nitrogens with zero attached hydrogens (tertiary/aromatic N) is 5. The highest BCUT2D eigenvalue weighted by Crippen LogP contribution is 2.32. The number of imidazole rings is 1. The highest BCUT2D eigenvalue weighted by atomic mass is 32.1. The maximum absolute atomic E-state index is 13.0. The van der Waals surface area contributed by atoms with Gasteiger partial charge in [0.15, 0.2) is 5.78 Å². The standard InChI is InChI=1S/C22H27N7OS/c1-13(2)16-12-24-21(25-16)27-20-14-5-3-6-15(14)26-22(28-20)29-9-4-7-17(29)18(30)11-19-23-8-10-31-19/h8,10,12-13,17H,3-7,9,11H2,1-2H3,(H2,24,25,26,27,28). The van der Waals surface area contributed by atoms with E-state index in [-0.39, 0.29) is 11.8 Å². The van der Waals surface area contributed by atoms with E-state index < -0.39 is 0 Å². The largest absolute Gasteiger partial charge is 0.331 e. The van der Waals surface area contributed by atoms with Crippen molar-refractivity contribution < 1.29 is 4.79 Å². The first-order valence-corrected chi connectivity index (χ1v) is 11.9. The van der Waals surface area contributed by atoms with E-state index >= 15 is 0 Å². The maximum atomic E-state index is 13.0. The lowest BCUT2D eigenvalue weighted by molar-refractivity contribution is -0.119. The second-order valence-corrected chi connectivity index (χ2v) is 9.52. The zero-order valence-corrected chi connectivity index (χ0v) is 18.7. The molecule has 0 radical (unpaired) electrons. The SMILES string of the molecule is CC(C)c1cnc(Nc2nc(N3CCCC3C(=O)Cc3nccs3)nc3c2CCC3)[nH]1. The Morgan fingerprint density at radius 3 is 2.97 bits per heavy atom. The van der Waals surface area contributed by atoms with E-state index in [1.165, 1.54) is 11.3 Å². The van der Waals surface area contributed by atoms with Crippen LogP contribution in [0.4, 0.5) is 17.7 Å². The van der Waals surface area contributed by atoms with E-state index in [4.69, 9.17) is 9.97 Å². The zero-order valence-electron chi connectivity index (χ0n) is 17.9. The molecule has 1 saturated heterocycles. The number of carbonyl (C=O) groups excluding carboxylic acids is 1. The summed E-state index contributed by atoms with van der Waals surface area (Å²) in [5.41, 5.74) is 3.33. The summed E-state index contributed by atoms with van der Waals surface area (Å²) < 4.78 is 0. The molecule has 31 heavy (non-hydrogen) atoms. The molecule has 1 aliphatic heterocycles. The van der Waals surface area contributed by atoms with Gasteiger partial charge in [-0.15, -0.1) is 11.3 Å². The van der Waals surface area contributed by atoms with Gasteiger partial charge in [-0.25, -0.2) is 15.0 Å². The minimum atomic E-state index is -0.188. The molecule has 0 aromatic carbocycles. The lowest BCUT2D eigenvalue weighted by Crippen LogP contribution is -2.38. The van der Waals surface area contributed by atoms with Gasteiger partial charge in [0, 0.05) is 29.4 Å². The van der Waals surface area contributed by atoms with Gasteiger partial charge in [0.05, 0.1) is 29.4 Å². The van der Waals surface area contributed by atoms with E-state index in [0.717, 1.165) is 66.4 Å². The Hall–Kier alpha value is -2.81. The average Bonchev–Trinajstić information content (AvgIpc) is 3.53. The quantitative estimate of drug-likeness (QED) is 0.580. The number of aromatic amines is 1. The summed E-state index contributed by atoms with van der Waals surface area (Å²) in [7, 11) is 0. The van der Waals surface area contributed by atoms with Crippen LogP contribution in [-0.4, -0.2) is 43.3 Å². The number of nitrogens with one attached hydrogen (secondary N) is 2. The minimum Gasteiger partial charge on any atom is -0.331 e. The molecule has 2 aliphatic rings. The summed E-state index contributed by atoms with van der Waals surface area (Å²) in [6, 6.07) is -0.188. The van der Waals surface area contributed by atoms with Crippen molar-refractivity contribution in [1.29, 1.82) is 0 Å². The Balaban J connectivity index is 1.42. The number of fused-ring (bicyclic) bond motifs is 1. The smallest absolute Gasteiger partial charge is 0.228 e. The first-order chi connectivity index (χ1) is 15.1. The van der Waals surface area contributed by atoms with E-state index in [0.29, 0.717) is 24.2 Å². The van der Waals surface area contributed by atoms with Gasteiger partial charge in [-0.3, -0.25) is 4.79 Å². The molecule has 162 valence electrons. The fraction of sp³-hybridized carbons (Fsp3) is 0.500. The number of H-pyrrole nitrogens is 1. The third-order valence-electron chi connectivity index (χ3n) is 6.07. The topological polar surface area (TPSA) is 99.7 Å². The monoisotopic (exact) mass is 437 g/mol. The summed E-state index contributed by atoms with van der Waals surface area (Å²) >= 11 is 1.53. The van der Waals surface area contributed by atoms with Gasteiger partial charge < -0.3 is 15.2 Å². The van der Waals surface area contributed by atoms with Crippen LogP contribution in [0.3, 0.4) is 0 Å². The molecule has 8 nitrogen and oxygen atoms in total. The molecule has 4 heterocycles. The van der Waals surface area contributed by atoms with Gasteiger partial charge in [-0.2, -0.15) is 4.98 Å². The number of anilines is 3. The number of rotatable bonds is 7. The molecule has 0 spiro atoms. The highest BCUT2D eigenvalue weighted by molar-refractivity contribution is 7.09. The molecule has 0 amide bonds. The predicted octanol–water partition coefficient (Wildman–Crippen LogP) is 3.79. The van der Waals surface area contributed by atoms with Crippen LogP contribution in [0.25, 0.3) is 0 Å². The predicted molar refractivity (Wildman–Crippen MR) is 121 cm³/mol. The van der Waals surface area contributed by atoms with Gasteiger partial charge in [0.25, 0.3) is 0 Å². The van der Waals surface area contributed by atoms with Crippen molar-refractivity contribution in [2.45, 2.75) is 64.3 Å². The van der Waals surface area contributed by atoms with Crippen LogP contribution in [0.15, 0.2) is 17.8 Å². The van der Waals surface area contributed by atoms with Gasteiger partial charge in [-0.05, 0) is 38.0 Å². The van der Waals surface area contributed by atoms with Crippen LogP contribution in [0, 0.1) is 0 Å². The molecule has 0 saturated carbocycles. The van der Waals surface area contributed by atoms with E-state index in [9.17, 15) is 4.79 Å². The van der Waals surface area contributed by atoms with Gasteiger partial charge in [-0.1, -0.05) is 13.8 Å². The number of ketones is 1. The highest BCUT2D eigenvalue weighted by Gasteiger charge is 2.34. The molecule has 3 aromatic rings. The molecule has 0 bridgehead atoms. The number of thiazole rings is 1. The molecule has 1 unspecified atom stereocenters. The summed E-state index contributed by atoms with van der Waals surface area (Å²) in [5, 5.41) is 6.17. The fourth-order valence-electron chi connectivity index (χ4n) is 4.40. The number of Topliss-reactive ketones (excluding diaryl/α,β-unsaturated/α-hetero) is 1. The van der Waals surface area contributed by atoms with Crippen molar-refractivity contribution in [3.05, 3.63) is 39.7 Å². The first kappa shape index (κ1) is 20.1. The third kappa shape index (κ3) is 4.06. The molecule has 1 fully saturated rings. The average molecular weight is 438 g/mol. The summed E-state index contributed by atoms with van der Waals surface area (Å²) in [4.78, 5) is 36.9. The number of aromatic nitrogens is 5. The van der Waals surface area contributed by atoms with Crippen molar-refractivity contribution in [2.24, 2.45) is 0 Å². The van der Waals surface area contributed by atoms with Crippen molar-refractivity contribution in [3.63, 3.8) is 0 Å². The second-order valence-electron chi connectivity index (χ2n) is 8.54. The third-order valence-corrected chi connectivity index (χ3v) is 6.85. The van der Waals surface area contributed by atoms with Crippen molar-refractivity contribution >= 4 is 34.8 Å². The molecular weight excluding hydrogens is 410 g/mol. The lowest BCUT2D eigenvalue weighted by Gasteiger charge is -2.24. The normalized spacial score (nSPS) is 18.0. The van der Waals surface area contributed by atoms with Crippen LogP contribution in [0.5, 0.6) is 0 Å². The molecular formula is C22H27N7OS. The Kier molecular flexibility index (Phi) is 5.43. The summed E-state index contributed by atoms with van der Waals surface area (Å²) in [6.07, 6.45) is 8.77. The zero-order chi connectivity index (χ0) is 21.4. The van der Waals surface area contributed by atoms with Crippen LogP contribution < -0.4 is 10.2 Å². The number of hydrogen-bond acceptors (Lipinski definition) is 8. The Bertz CT molecular complexity index is 1080. The molecule has 3 aromatic heterocycles. The van der Waals surface area contributed by atoms with Crippen LogP contribution in [-0.2, 0) is 24.1 Å². The molecule has 5 rings (SSSR count). The van der Waals surface area contributed by atoms with Gasteiger partial charge >= 0.3 is 0 Å². The maximum Gasteiger partial charge on any atom is 0.228 e. The fourth-order valence-corrected chi connectivity index (χ4v) is 5.03. The van der Waals surface area contributed by atoms with Crippen molar-refractivity contribution in [3.8, 4) is 0 Å².